The summed E-state index contributed by atoms with van der Waals surface area (Å²) in [4.78, 5) is 14.3. The summed E-state index contributed by atoms with van der Waals surface area (Å²) in [5, 5.41) is 8.75. The number of fused-ring (bicyclic) bond motifs is 1. The number of hydrogen-bond donors (Lipinski definition) is 0. The van der Waals surface area contributed by atoms with Gasteiger partial charge in [-0.2, -0.15) is 5.26 Å². The second-order valence-electron chi connectivity index (χ2n) is 13.8. The van der Waals surface area contributed by atoms with Crippen LogP contribution in [0.4, 0.5) is 4.79 Å². The Morgan fingerprint density at radius 3 is 2.65 bits per heavy atom. The maximum atomic E-state index is 12.5. The molecule has 0 bridgehead atoms. The Morgan fingerprint density at radius 1 is 1.16 bits per heavy atom. The van der Waals surface area contributed by atoms with Crippen LogP contribution in [0.15, 0.2) is 97.3 Å². The van der Waals surface area contributed by atoms with Gasteiger partial charge in [-0.3, -0.25) is 0 Å². The Hall–Kier alpha value is -4.08. The van der Waals surface area contributed by atoms with Gasteiger partial charge in [0.25, 0.3) is 0 Å². The number of amides is 1. The predicted molar refractivity (Wildman–Crippen MR) is 205 cm³/mol. The van der Waals surface area contributed by atoms with E-state index in [4.69, 9.17) is 14.7 Å². The molecule has 0 spiro atoms. The Balaban J connectivity index is 1.85. The van der Waals surface area contributed by atoms with E-state index in [1.807, 2.05) is 12.1 Å². The summed E-state index contributed by atoms with van der Waals surface area (Å²) in [7, 11) is 0. The molecular formula is C43H59N3O3. The first kappa shape index (κ1) is 39.4. The fourth-order valence-corrected chi connectivity index (χ4v) is 6.84. The van der Waals surface area contributed by atoms with Crippen LogP contribution in [-0.4, -0.2) is 47.5 Å². The van der Waals surface area contributed by atoms with Crippen LogP contribution in [-0.2, 0) is 16.0 Å². The molecule has 2 aliphatic rings. The minimum atomic E-state index is -0.423. The van der Waals surface area contributed by atoms with Gasteiger partial charge in [-0.15, -0.1) is 0 Å². The predicted octanol–water partition coefficient (Wildman–Crippen LogP) is 10.9. The molecule has 0 N–H and O–H groups in total. The summed E-state index contributed by atoms with van der Waals surface area (Å²) < 4.78 is 14.2. The number of carbonyl (C=O) groups excluding carboxylic acids is 1. The molecule has 49 heavy (non-hydrogen) atoms. The average Bonchev–Trinajstić information content (AvgIpc) is 3.24. The van der Waals surface area contributed by atoms with Crippen LogP contribution >= 0.6 is 0 Å². The molecule has 3 heterocycles. The van der Waals surface area contributed by atoms with Gasteiger partial charge in [0.1, 0.15) is 6.61 Å². The first-order valence-electron chi connectivity index (χ1n) is 18.1. The second kappa shape index (κ2) is 19.8. The highest BCUT2D eigenvalue weighted by molar-refractivity contribution is 5.80. The van der Waals surface area contributed by atoms with Crippen LogP contribution in [0.2, 0.25) is 0 Å². The third-order valence-electron chi connectivity index (χ3n) is 9.20. The summed E-state index contributed by atoms with van der Waals surface area (Å²) in [6, 6.07) is 4.25. The zero-order chi connectivity index (χ0) is 35.8. The van der Waals surface area contributed by atoms with Gasteiger partial charge in [0.2, 0.25) is 0 Å². The minimum absolute atomic E-state index is 0.137. The molecule has 6 nitrogen and oxygen atoms in total. The Bertz CT molecular complexity index is 1500. The molecule has 2 aliphatic heterocycles. The molecular weight excluding hydrogens is 606 g/mol. The lowest BCUT2D eigenvalue weighted by atomic mass is 9.81. The lowest BCUT2D eigenvalue weighted by Gasteiger charge is -2.35. The zero-order valence-corrected chi connectivity index (χ0v) is 30.7. The maximum Gasteiger partial charge on any atom is 0.409 e. The van der Waals surface area contributed by atoms with Gasteiger partial charge in [-0.25, -0.2) is 4.79 Å². The van der Waals surface area contributed by atoms with E-state index in [0.717, 1.165) is 92.3 Å². The topological polar surface area (TPSA) is 67.5 Å². The van der Waals surface area contributed by atoms with E-state index < -0.39 is 5.60 Å². The van der Waals surface area contributed by atoms with Crippen molar-refractivity contribution in [2.24, 2.45) is 5.92 Å². The van der Waals surface area contributed by atoms with Gasteiger partial charge in [-0.1, -0.05) is 107 Å². The number of nitriles is 1. The van der Waals surface area contributed by atoms with Gasteiger partial charge in [0, 0.05) is 38.1 Å². The molecule has 1 unspecified atom stereocenters. The van der Waals surface area contributed by atoms with Crippen molar-refractivity contribution in [3.05, 3.63) is 109 Å². The average molecular weight is 666 g/mol. The number of rotatable bonds is 17. The SMILES string of the molecule is C=C/C=C(\C=C/C(=C)c1cc2n(c1)CC(=C)CC=C2/C=C1/CCCN(C(=O)OCCC#N)CC1)C(CCC)(CCC(=C)CC(C)C)OCC. The zero-order valence-electron chi connectivity index (χ0n) is 30.7. The van der Waals surface area contributed by atoms with Gasteiger partial charge >= 0.3 is 6.09 Å². The maximum absolute atomic E-state index is 12.5. The molecule has 1 atom stereocenters. The lowest BCUT2D eigenvalue weighted by molar-refractivity contribution is -0.0204. The highest BCUT2D eigenvalue weighted by Crippen LogP contribution is 2.37. The van der Waals surface area contributed by atoms with Gasteiger partial charge < -0.3 is 18.9 Å². The molecule has 264 valence electrons. The van der Waals surface area contributed by atoms with Crippen molar-refractivity contribution < 1.29 is 14.3 Å². The summed E-state index contributed by atoms with van der Waals surface area (Å²) in [5.41, 5.74) is 8.75. The first-order valence-corrected chi connectivity index (χ1v) is 18.1. The smallest absolute Gasteiger partial charge is 0.409 e. The fraction of sp³-hybridized carbons (Fsp3) is 0.488. The van der Waals surface area contributed by atoms with Gasteiger partial charge in [0.05, 0.1) is 18.1 Å². The molecule has 1 fully saturated rings. The molecule has 0 radical (unpaired) electrons. The first-order chi connectivity index (χ1) is 23.5. The summed E-state index contributed by atoms with van der Waals surface area (Å²) in [6.07, 6.45) is 23.0. The minimum Gasteiger partial charge on any atom is -0.448 e. The van der Waals surface area contributed by atoms with E-state index >= 15 is 0 Å². The van der Waals surface area contributed by atoms with Crippen molar-refractivity contribution in [2.45, 2.75) is 104 Å². The van der Waals surface area contributed by atoms with Crippen LogP contribution in [0.3, 0.4) is 0 Å². The molecule has 0 saturated carbocycles. The number of hydrogen-bond acceptors (Lipinski definition) is 4. The normalized spacial score (nSPS) is 17.6. The van der Waals surface area contributed by atoms with E-state index in [2.05, 4.69) is 101 Å². The van der Waals surface area contributed by atoms with E-state index in [-0.39, 0.29) is 19.1 Å². The van der Waals surface area contributed by atoms with Crippen molar-refractivity contribution >= 4 is 17.2 Å². The van der Waals surface area contributed by atoms with Crippen molar-refractivity contribution in [1.29, 1.82) is 5.26 Å². The largest absolute Gasteiger partial charge is 0.448 e. The quantitative estimate of drug-likeness (QED) is 0.0943. The molecule has 3 rings (SSSR count). The van der Waals surface area contributed by atoms with Crippen molar-refractivity contribution in [1.82, 2.24) is 9.47 Å². The van der Waals surface area contributed by atoms with E-state index in [1.165, 1.54) is 16.7 Å². The highest BCUT2D eigenvalue weighted by Gasteiger charge is 2.33. The summed E-state index contributed by atoms with van der Waals surface area (Å²) in [6.45, 7) is 28.8. The van der Waals surface area contributed by atoms with Crippen LogP contribution in [0.1, 0.15) is 103 Å². The Labute approximate surface area is 296 Å². The van der Waals surface area contributed by atoms with Gasteiger partial charge in [-0.05, 0) is 92.6 Å². The number of aromatic nitrogens is 1. The number of ether oxygens (including phenoxy) is 2. The molecule has 1 amide bonds. The van der Waals surface area contributed by atoms with Gasteiger partial charge in [0.15, 0.2) is 0 Å². The Kier molecular flexibility index (Phi) is 15.9. The summed E-state index contributed by atoms with van der Waals surface area (Å²) in [5.74, 6) is 0.586. The summed E-state index contributed by atoms with van der Waals surface area (Å²) >= 11 is 0. The molecule has 0 aromatic carbocycles. The van der Waals surface area contributed by atoms with E-state index in [9.17, 15) is 4.79 Å². The number of likely N-dealkylation sites (tertiary alicyclic amines) is 1. The van der Waals surface area contributed by atoms with Crippen LogP contribution in [0, 0.1) is 17.2 Å². The molecule has 6 heteroatoms. The molecule has 1 saturated heterocycles. The monoisotopic (exact) mass is 665 g/mol. The van der Waals surface area contributed by atoms with Crippen LogP contribution in [0.5, 0.6) is 0 Å². The standard InChI is InChI=1S/C43H59N3O3/c1-9-14-40(43(22-10-2,49-11-3)23-20-34(6)28-33(4)5)19-17-36(8)39-30-41-38(18-16-35(7)31-46(41)32-39)29-37-15-12-25-45(26-21-37)42(47)48-27-13-24-44/h9,14,17-19,29-30,32-33H,1,6-8,10-13,15-16,20-23,25-28,31H2,2-5H3/b19-17-,37-29-,40-14+. The van der Waals surface area contributed by atoms with Crippen LogP contribution < -0.4 is 0 Å². The van der Waals surface area contributed by atoms with Crippen molar-refractivity contribution in [3.63, 3.8) is 0 Å². The number of carbonyl (C=O) groups is 1. The third kappa shape index (κ3) is 11.8. The Morgan fingerprint density at radius 2 is 1.96 bits per heavy atom. The number of allylic oxidation sites excluding steroid dienone is 9. The van der Waals surface area contributed by atoms with Crippen molar-refractivity contribution in [2.75, 3.05) is 26.3 Å². The van der Waals surface area contributed by atoms with Crippen molar-refractivity contribution in [3.8, 4) is 6.07 Å². The molecule has 1 aromatic heterocycles. The fourth-order valence-electron chi connectivity index (χ4n) is 6.84. The van der Waals surface area contributed by atoms with E-state index in [1.54, 1.807) is 4.90 Å². The second-order valence-corrected chi connectivity index (χ2v) is 13.8. The highest BCUT2D eigenvalue weighted by atomic mass is 16.6. The molecule has 1 aromatic rings. The third-order valence-corrected chi connectivity index (χ3v) is 9.20. The van der Waals surface area contributed by atoms with Crippen LogP contribution in [0.25, 0.3) is 11.1 Å². The number of nitrogens with zero attached hydrogens (tertiary/aromatic N) is 3. The van der Waals surface area contributed by atoms with E-state index in [0.29, 0.717) is 25.6 Å². The lowest BCUT2D eigenvalue weighted by Crippen LogP contribution is -2.35. The molecule has 0 aliphatic carbocycles.